The van der Waals surface area contributed by atoms with E-state index in [0.717, 1.165) is 11.8 Å². The molecule has 0 radical (unpaired) electrons. The van der Waals surface area contributed by atoms with Gasteiger partial charge in [0.15, 0.2) is 17.4 Å². The number of hydrogen-bond acceptors (Lipinski definition) is 8. The van der Waals surface area contributed by atoms with Crippen molar-refractivity contribution in [3.8, 4) is 11.5 Å². The second-order valence-corrected chi connectivity index (χ2v) is 7.64. The zero-order valence-corrected chi connectivity index (χ0v) is 19.3. The molecule has 0 spiro atoms. The molecule has 0 aliphatic heterocycles. The van der Waals surface area contributed by atoms with Crippen molar-refractivity contribution >= 4 is 46.9 Å². The Bertz CT molecular complexity index is 1320. The smallest absolute Gasteiger partial charge is 0.298 e. The molecule has 8 nitrogen and oxygen atoms in total. The van der Waals surface area contributed by atoms with Crippen LogP contribution >= 0.6 is 11.6 Å². The number of aromatic nitrogens is 2. The van der Waals surface area contributed by atoms with Crippen LogP contribution < -0.4 is 25.4 Å². The van der Waals surface area contributed by atoms with Crippen LogP contribution in [0.3, 0.4) is 0 Å². The van der Waals surface area contributed by atoms with Gasteiger partial charge in [0.2, 0.25) is 5.95 Å². The molecule has 0 amide bonds. The molecule has 1 heterocycles. The van der Waals surface area contributed by atoms with Crippen LogP contribution in [0.1, 0.15) is 5.56 Å². The second kappa shape index (κ2) is 11.2. The minimum absolute atomic E-state index is 0.0359. The van der Waals surface area contributed by atoms with Gasteiger partial charge in [-0.05, 0) is 42.0 Å². The Labute approximate surface area is 206 Å². The van der Waals surface area contributed by atoms with Gasteiger partial charge >= 0.3 is 0 Å². The summed E-state index contributed by atoms with van der Waals surface area (Å²) in [6, 6.07) is 19.7. The molecule has 0 aliphatic rings. The van der Waals surface area contributed by atoms with E-state index in [0.29, 0.717) is 46.7 Å². The van der Waals surface area contributed by atoms with Gasteiger partial charge in [-0.2, -0.15) is 4.98 Å². The van der Waals surface area contributed by atoms with Gasteiger partial charge in [-0.3, -0.25) is 4.79 Å². The van der Waals surface area contributed by atoms with Crippen LogP contribution in [0.25, 0.3) is 0 Å². The Balaban J connectivity index is 1.46. The third-order valence-corrected chi connectivity index (χ3v) is 5.15. The van der Waals surface area contributed by atoms with E-state index in [1.54, 1.807) is 43.4 Å². The lowest BCUT2D eigenvalue weighted by atomic mass is 10.2. The van der Waals surface area contributed by atoms with Crippen molar-refractivity contribution in [1.29, 1.82) is 0 Å². The Hall–Kier alpha value is -4.37. The average molecular weight is 494 g/mol. The minimum atomic E-state index is -0.637. The maximum atomic E-state index is 14.4. The van der Waals surface area contributed by atoms with Crippen LogP contribution in [0.5, 0.6) is 11.5 Å². The van der Waals surface area contributed by atoms with Crippen LogP contribution in [-0.2, 0) is 11.4 Å². The van der Waals surface area contributed by atoms with Gasteiger partial charge in [0.1, 0.15) is 12.4 Å². The summed E-state index contributed by atoms with van der Waals surface area (Å²) < 4.78 is 25.1. The maximum absolute atomic E-state index is 14.4. The molecule has 0 saturated carbocycles. The van der Waals surface area contributed by atoms with Crippen molar-refractivity contribution in [2.75, 3.05) is 23.0 Å². The van der Waals surface area contributed by atoms with E-state index in [4.69, 9.17) is 21.1 Å². The first kappa shape index (κ1) is 23.8. The highest BCUT2D eigenvalue weighted by molar-refractivity contribution is 6.32. The first-order chi connectivity index (χ1) is 17.1. The molecule has 0 fully saturated rings. The highest BCUT2D eigenvalue weighted by Crippen LogP contribution is 2.31. The van der Waals surface area contributed by atoms with E-state index < -0.39 is 5.82 Å². The normalized spacial score (nSPS) is 10.4. The Morgan fingerprint density at radius 1 is 1.00 bits per heavy atom. The lowest BCUT2D eigenvalue weighted by Crippen LogP contribution is -2.04. The fraction of sp³-hybridized carbons (Fsp3) is 0.0800. The topological polar surface area (TPSA) is 97.4 Å². The molecule has 3 aromatic carbocycles. The number of carbonyl (C=O) groups excluding carboxylic acids is 1. The Kier molecular flexibility index (Phi) is 7.59. The monoisotopic (exact) mass is 493 g/mol. The van der Waals surface area contributed by atoms with E-state index in [1.807, 2.05) is 30.3 Å². The summed E-state index contributed by atoms with van der Waals surface area (Å²) in [5.41, 5.74) is 2.72. The fourth-order valence-electron chi connectivity index (χ4n) is 3.17. The summed E-state index contributed by atoms with van der Waals surface area (Å²) in [6.45, 7) is 0.721. The van der Waals surface area contributed by atoms with Crippen LogP contribution in [-0.4, -0.2) is 23.5 Å². The summed E-state index contributed by atoms with van der Waals surface area (Å²) >= 11 is 6.36. The second-order valence-electron chi connectivity index (χ2n) is 7.23. The van der Waals surface area contributed by atoms with E-state index in [2.05, 4.69) is 25.9 Å². The molecule has 178 valence electrons. The number of benzene rings is 3. The average Bonchev–Trinajstić information content (AvgIpc) is 2.87. The van der Waals surface area contributed by atoms with Gasteiger partial charge in [0.25, 0.3) is 6.47 Å². The third kappa shape index (κ3) is 6.15. The molecule has 0 bridgehead atoms. The molecule has 4 aromatic rings. The SMILES string of the molecule is CNc1cc(Nc2ncc(F)c(Nc3ccc(OCc4ccccc4)c(Cl)c3)n2)ccc1OC=O. The van der Waals surface area contributed by atoms with E-state index in [1.165, 1.54) is 0 Å². The highest BCUT2D eigenvalue weighted by atomic mass is 35.5. The summed E-state index contributed by atoms with van der Waals surface area (Å²) in [6.07, 6.45) is 1.06. The van der Waals surface area contributed by atoms with Crippen LogP contribution in [0.4, 0.5) is 33.2 Å². The number of halogens is 2. The number of anilines is 5. The fourth-order valence-corrected chi connectivity index (χ4v) is 3.40. The molecule has 1 aromatic heterocycles. The maximum Gasteiger partial charge on any atom is 0.298 e. The summed E-state index contributed by atoms with van der Waals surface area (Å²) in [7, 11) is 1.69. The summed E-state index contributed by atoms with van der Waals surface area (Å²) in [5, 5.41) is 9.21. The van der Waals surface area contributed by atoms with Crippen molar-refractivity contribution in [3.63, 3.8) is 0 Å². The minimum Gasteiger partial charge on any atom is -0.487 e. The van der Waals surface area contributed by atoms with Crippen LogP contribution in [0, 0.1) is 5.82 Å². The molecular formula is C25H21ClFN5O3. The highest BCUT2D eigenvalue weighted by Gasteiger charge is 2.11. The van der Waals surface area contributed by atoms with E-state index in [9.17, 15) is 9.18 Å². The Morgan fingerprint density at radius 3 is 2.46 bits per heavy atom. The summed E-state index contributed by atoms with van der Waals surface area (Å²) in [4.78, 5) is 18.8. The standard InChI is InChI=1S/C25H21ClFN5O3/c1-28-21-12-18(8-10-23(21)35-15-33)31-25-29-13-20(27)24(32-25)30-17-7-9-22(19(26)11-17)34-14-16-5-3-2-4-6-16/h2-13,15,28H,14H2,1H3,(H2,29,30,31,32). The number of hydrogen-bond donors (Lipinski definition) is 3. The molecular weight excluding hydrogens is 473 g/mol. The molecule has 10 heteroatoms. The van der Waals surface area contributed by atoms with Gasteiger partial charge in [-0.1, -0.05) is 41.9 Å². The lowest BCUT2D eigenvalue weighted by molar-refractivity contribution is -0.120. The third-order valence-electron chi connectivity index (χ3n) is 4.86. The Morgan fingerprint density at radius 2 is 1.74 bits per heavy atom. The van der Waals surface area contributed by atoms with Crippen molar-refractivity contribution in [1.82, 2.24) is 9.97 Å². The van der Waals surface area contributed by atoms with Crippen molar-refractivity contribution in [2.24, 2.45) is 0 Å². The van der Waals surface area contributed by atoms with Gasteiger partial charge in [0.05, 0.1) is 16.9 Å². The predicted molar refractivity (Wildman–Crippen MR) is 133 cm³/mol. The van der Waals surface area contributed by atoms with Crippen molar-refractivity contribution in [3.05, 3.63) is 89.3 Å². The first-order valence-electron chi connectivity index (χ1n) is 10.5. The van der Waals surface area contributed by atoms with Crippen LogP contribution in [0.15, 0.2) is 72.9 Å². The molecule has 0 aliphatic carbocycles. The van der Waals surface area contributed by atoms with Gasteiger partial charge < -0.3 is 25.4 Å². The van der Waals surface area contributed by atoms with E-state index >= 15 is 0 Å². The van der Waals surface area contributed by atoms with Crippen molar-refractivity contribution < 1.29 is 18.7 Å². The number of nitrogens with zero attached hydrogens (tertiary/aromatic N) is 2. The van der Waals surface area contributed by atoms with Crippen LogP contribution in [0.2, 0.25) is 5.02 Å². The molecule has 35 heavy (non-hydrogen) atoms. The lowest BCUT2D eigenvalue weighted by Gasteiger charge is -2.13. The molecule has 4 rings (SSSR count). The van der Waals surface area contributed by atoms with Gasteiger partial charge in [0, 0.05) is 18.4 Å². The molecule has 3 N–H and O–H groups in total. The number of carbonyl (C=O) groups is 1. The number of rotatable bonds is 10. The predicted octanol–water partition coefficient (Wildman–Crippen LogP) is 5.91. The quantitative estimate of drug-likeness (QED) is 0.234. The zero-order chi connectivity index (χ0) is 24.6. The van der Waals surface area contributed by atoms with Gasteiger partial charge in [-0.15, -0.1) is 0 Å². The largest absolute Gasteiger partial charge is 0.487 e. The zero-order valence-electron chi connectivity index (χ0n) is 18.6. The molecule has 0 saturated heterocycles. The number of nitrogens with one attached hydrogen (secondary N) is 3. The molecule has 0 atom stereocenters. The van der Waals surface area contributed by atoms with Gasteiger partial charge in [-0.25, -0.2) is 9.37 Å². The van der Waals surface area contributed by atoms with E-state index in [-0.39, 0.29) is 11.8 Å². The van der Waals surface area contributed by atoms with Crippen molar-refractivity contribution in [2.45, 2.75) is 6.61 Å². The first-order valence-corrected chi connectivity index (χ1v) is 10.9. The molecule has 0 unspecified atom stereocenters. The summed E-state index contributed by atoms with van der Waals surface area (Å²) in [5.74, 6) is 0.361. The number of ether oxygens (including phenoxy) is 2.